The summed E-state index contributed by atoms with van der Waals surface area (Å²) in [5, 5.41) is 2.42. The highest BCUT2D eigenvalue weighted by molar-refractivity contribution is 14.1. The normalized spacial score (nSPS) is 12.2. The SMILES string of the molecule is CC(C)(C)OC(=O)Nc1cc(Br)c(C(F)(F)F)cc1I. The molecule has 0 spiro atoms. The van der Waals surface area contributed by atoms with Crippen molar-refractivity contribution in [2.24, 2.45) is 0 Å². The highest BCUT2D eigenvalue weighted by atomic mass is 127. The molecule has 8 heteroatoms. The summed E-state index contributed by atoms with van der Waals surface area (Å²) in [6.45, 7) is 5.08. The molecule has 1 aromatic rings. The molecule has 20 heavy (non-hydrogen) atoms. The van der Waals surface area contributed by atoms with Crippen LogP contribution in [0.1, 0.15) is 26.3 Å². The minimum absolute atomic E-state index is 0.142. The Hall–Kier alpha value is -0.510. The zero-order chi connectivity index (χ0) is 15.7. The second-order valence-corrected chi connectivity index (χ2v) is 6.95. The van der Waals surface area contributed by atoms with Crippen molar-refractivity contribution in [1.82, 2.24) is 0 Å². The summed E-state index contributed by atoms with van der Waals surface area (Å²) in [6, 6.07) is 2.16. The highest BCUT2D eigenvalue weighted by Crippen LogP contribution is 2.38. The van der Waals surface area contributed by atoms with Crippen LogP contribution < -0.4 is 5.32 Å². The number of rotatable bonds is 1. The van der Waals surface area contributed by atoms with Crippen LogP contribution in [0.5, 0.6) is 0 Å². The average Bonchev–Trinajstić information content (AvgIpc) is 2.18. The van der Waals surface area contributed by atoms with Crippen molar-refractivity contribution in [2.75, 3.05) is 5.32 Å². The van der Waals surface area contributed by atoms with Gasteiger partial charge >= 0.3 is 12.3 Å². The van der Waals surface area contributed by atoms with Crippen LogP contribution >= 0.6 is 38.5 Å². The molecule has 1 aromatic carbocycles. The molecule has 0 heterocycles. The first-order chi connectivity index (χ1) is 8.90. The van der Waals surface area contributed by atoms with E-state index in [4.69, 9.17) is 4.74 Å². The number of benzene rings is 1. The number of alkyl halides is 3. The van der Waals surface area contributed by atoms with E-state index in [1.165, 1.54) is 6.07 Å². The van der Waals surface area contributed by atoms with E-state index in [2.05, 4.69) is 21.2 Å². The van der Waals surface area contributed by atoms with Gasteiger partial charge in [0, 0.05) is 8.04 Å². The standard InChI is InChI=1S/C12H12BrF3INO2/c1-11(2,3)20-10(19)18-9-5-7(13)6(4-8(9)17)12(14,15)16/h4-5H,1-3H3,(H,18,19). The number of halogens is 5. The third-order valence-electron chi connectivity index (χ3n) is 2.00. The van der Waals surface area contributed by atoms with Crippen LogP contribution in [-0.4, -0.2) is 11.7 Å². The summed E-state index contributed by atoms with van der Waals surface area (Å²) in [6.07, 6.45) is -5.18. The van der Waals surface area contributed by atoms with Crippen LogP contribution in [0.3, 0.4) is 0 Å². The Morgan fingerprint density at radius 1 is 1.30 bits per heavy atom. The van der Waals surface area contributed by atoms with E-state index in [0.29, 0.717) is 0 Å². The minimum atomic E-state index is -4.46. The van der Waals surface area contributed by atoms with Gasteiger partial charge in [-0.2, -0.15) is 13.2 Å². The topological polar surface area (TPSA) is 38.3 Å². The molecule has 0 unspecified atom stereocenters. The Labute approximate surface area is 136 Å². The van der Waals surface area contributed by atoms with Crippen molar-refractivity contribution < 1.29 is 22.7 Å². The molecule has 1 N–H and O–H groups in total. The van der Waals surface area contributed by atoms with Gasteiger partial charge in [-0.05, 0) is 55.5 Å². The molecular formula is C12H12BrF3INO2. The molecule has 0 aliphatic rings. The lowest BCUT2D eigenvalue weighted by Gasteiger charge is -2.20. The van der Waals surface area contributed by atoms with E-state index in [9.17, 15) is 18.0 Å². The molecule has 0 aliphatic carbocycles. The Balaban J connectivity index is 2.99. The fourth-order valence-electron chi connectivity index (χ4n) is 1.27. The van der Waals surface area contributed by atoms with E-state index < -0.39 is 23.4 Å². The first-order valence-electron chi connectivity index (χ1n) is 5.46. The van der Waals surface area contributed by atoms with Crippen molar-refractivity contribution in [3.8, 4) is 0 Å². The summed E-state index contributed by atoms with van der Waals surface area (Å²) in [7, 11) is 0. The Morgan fingerprint density at radius 3 is 2.30 bits per heavy atom. The van der Waals surface area contributed by atoms with E-state index in [1.54, 1.807) is 43.4 Å². The molecule has 0 bridgehead atoms. The predicted molar refractivity (Wildman–Crippen MR) is 81.7 cm³/mol. The molecule has 0 saturated carbocycles. The van der Waals surface area contributed by atoms with E-state index in [-0.39, 0.29) is 13.7 Å². The van der Waals surface area contributed by atoms with E-state index in [0.717, 1.165) is 6.07 Å². The number of amides is 1. The van der Waals surface area contributed by atoms with Gasteiger partial charge in [0.15, 0.2) is 0 Å². The number of carbonyl (C=O) groups is 1. The second kappa shape index (κ2) is 6.08. The number of hydrogen-bond donors (Lipinski definition) is 1. The summed E-state index contributed by atoms with van der Waals surface area (Å²) < 4.78 is 43.3. The van der Waals surface area contributed by atoms with Gasteiger partial charge < -0.3 is 4.74 Å². The van der Waals surface area contributed by atoms with Crippen LogP contribution in [-0.2, 0) is 10.9 Å². The van der Waals surface area contributed by atoms with Crippen molar-refractivity contribution in [2.45, 2.75) is 32.5 Å². The van der Waals surface area contributed by atoms with Crippen molar-refractivity contribution >= 4 is 50.3 Å². The molecule has 1 amide bonds. The van der Waals surface area contributed by atoms with Crippen LogP contribution in [0.25, 0.3) is 0 Å². The number of nitrogens with one attached hydrogen (secondary N) is 1. The first kappa shape index (κ1) is 17.5. The fraction of sp³-hybridized carbons (Fsp3) is 0.417. The molecule has 0 fully saturated rings. The Kier molecular flexibility index (Phi) is 5.34. The lowest BCUT2D eigenvalue weighted by Crippen LogP contribution is -2.27. The number of hydrogen-bond acceptors (Lipinski definition) is 2. The van der Waals surface area contributed by atoms with Gasteiger partial charge in [-0.3, -0.25) is 5.32 Å². The van der Waals surface area contributed by atoms with Gasteiger partial charge in [0.2, 0.25) is 0 Å². The summed E-state index contributed by atoms with van der Waals surface area (Å²) in [4.78, 5) is 11.6. The maximum atomic E-state index is 12.7. The molecule has 0 aliphatic heterocycles. The van der Waals surface area contributed by atoms with Crippen LogP contribution in [0.4, 0.5) is 23.7 Å². The Bertz CT molecular complexity index is 527. The molecule has 3 nitrogen and oxygen atoms in total. The van der Waals surface area contributed by atoms with Crippen LogP contribution in [0.2, 0.25) is 0 Å². The van der Waals surface area contributed by atoms with Crippen LogP contribution in [0.15, 0.2) is 16.6 Å². The Morgan fingerprint density at radius 2 is 1.85 bits per heavy atom. The molecule has 0 atom stereocenters. The third kappa shape index (κ3) is 5.12. The van der Waals surface area contributed by atoms with Gasteiger partial charge in [0.25, 0.3) is 0 Å². The number of ether oxygens (including phenoxy) is 1. The maximum Gasteiger partial charge on any atom is 0.417 e. The molecule has 0 aromatic heterocycles. The number of anilines is 1. The van der Waals surface area contributed by atoms with Crippen molar-refractivity contribution in [3.63, 3.8) is 0 Å². The summed E-state index contributed by atoms with van der Waals surface area (Å²) >= 11 is 4.58. The first-order valence-corrected chi connectivity index (χ1v) is 7.33. The van der Waals surface area contributed by atoms with E-state index >= 15 is 0 Å². The third-order valence-corrected chi connectivity index (χ3v) is 3.55. The van der Waals surface area contributed by atoms with Crippen molar-refractivity contribution in [3.05, 3.63) is 25.7 Å². The molecular weight excluding hydrogens is 454 g/mol. The zero-order valence-corrected chi connectivity index (χ0v) is 14.6. The minimum Gasteiger partial charge on any atom is -0.444 e. The van der Waals surface area contributed by atoms with Gasteiger partial charge in [-0.15, -0.1) is 0 Å². The zero-order valence-electron chi connectivity index (χ0n) is 10.9. The quantitative estimate of drug-likeness (QED) is 0.562. The smallest absolute Gasteiger partial charge is 0.417 e. The number of carbonyl (C=O) groups excluding carboxylic acids is 1. The van der Waals surface area contributed by atoms with Gasteiger partial charge in [0.05, 0.1) is 11.3 Å². The lowest BCUT2D eigenvalue weighted by molar-refractivity contribution is -0.138. The van der Waals surface area contributed by atoms with Gasteiger partial charge in [-0.25, -0.2) is 4.79 Å². The molecule has 112 valence electrons. The lowest BCUT2D eigenvalue weighted by atomic mass is 10.2. The predicted octanol–water partition coefficient (Wildman–Crippen LogP) is 5.42. The monoisotopic (exact) mass is 465 g/mol. The summed E-state index contributed by atoms with van der Waals surface area (Å²) in [5.41, 5.74) is -1.23. The summed E-state index contributed by atoms with van der Waals surface area (Å²) in [5.74, 6) is 0. The van der Waals surface area contributed by atoms with E-state index in [1.807, 2.05) is 0 Å². The van der Waals surface area contributed by atoms with Crippen LogP contribution in [0, 0.1) is 3.57 Å². The van der Waals surface area contributed by atoms with Crippen molar-refractivity contribution in [1.29, 1.82) is 0 Å². The highest BCUT2D eigenvalue weighted by Gasteiger charge is 2.33. The molecule has 0 radical (unpaired) electrons. The average molecular weight is 466 g/mol. The fourth-order valence-corrected chi connectivity index (χ4v) is 2.44. The van der Waals surface area contributed by atoms with Gasteiger partial charge in [0.1, 0.15) is 5.60 Å². The molecule has 1 rings (SSSR count). The second-order valence-electron chi connectivity index (χ2n) is 4.94. The molecule has 0 saturated heterocycles. The van der Waals surface area contributed by atoms with Gasteiger partial charge in [-0.1, -0.05) is 15.9 Å². The maximum absolute atomic E-state index is 12.7. The largest absolute Gasteiger partial charge is 0.444 e.